The lowest BCUT2D eigenvalue weighted by atomic mass is 9.82. The molecule has 0 aromatic rings. The molecule has 8 heavy (non-hydrogen) atoms. The molecule has 1 nitrogen and oxygen atoms in total. The largest absolute Gasteiger partial charge is 0.303 e. The van der Waals surface area contributed by atoms with Gasteiger partial charge in [-0.15, -0.1) is 0 Å². The lowest BCUT2D eigenvalue weighted by molar-refractivity contribution is -0.108. The minimum absolute atomic E-state index is 0.782. The third-order valence-electron chi connectivity index (χ3n) is 1.92. The molecule has 0 unspecified atom stereocenters. The van der Waals surface area contributed by atoms with Crippen LogP contribution in [0.15, 0.2) is 0 Å². The van der Waals surface area contributed by atoms with Crippen LogP contribution in [0.1, 0.15) is 32.1 Å². The first-order valence-electron chi connectivity index (χ1n) is 3.37. The zero-order valence-corrected chi connectivity index (χ0v) is 5.10. The molecule has 0 N–H and O–H groups in total. The van der Waals surface area contributed by atoms with Crippen molar-refractivity contribution in [3.05, 3.63) is 0 Å². The number of carbonyl (C=O) groups is 1. The van der Waals surface area contributed by atoms with E-state index in [-0.39, 0.29) is 0 Å². The van der Waals surface area contributed by atoms with Gasteiger partial charge in [-0.2, -0.15) is 0 Å². The maximum Gasteiger partial charge on any atom is 0.120 e. The topological polar surface area (TPSA) is 17.1 Å². The molecule has 1 heteroatoms. The highest BCUT2D eigenvalue weighted by molar-refractivity contribution is 5.49. The van der Waals surface area contributed by atoms with Crippen molar-refractivity contribution in [1.29, 1.82) is 0 Å². The minimum Gasteiger partial charge on any atom is -0.303 e. The summed E-state index contributed by atoms with van der Waals surface area (Å²) in [6, 6.07) is 0. The molecule has 0 spiro atoms. The van der Waals surface area contributed by atoms with Crippen LogP contribution in [-0.2, 0) is 4.79 Å². The Balaban J connectivity index is 1.93. The molecule has 0 aromatic carbocycles. The average Bonchev–Trinajstić information content (AvgIpc) is 1.63. The number of carbonyl (C=O) groups excluding carboxylic acids is 1. The minimum atomic E-state index is 0.782. The number of rotatable bonds is 3. The second kappa shape index (κ2) is 2.85. The van der Waals surface area contributed by atoms with E-state index >= 15 is 0 Å². The second-order valence-corrected chi connectivity index (χ2v) is 2.54. The van der Waals surface area contributed by atoms with Crippen molar-refractivity contribution < 1.29 is 4.79 Å². The van der Waals surface area contributed by atoms with Gasteiger partial charge in [0.25, 0.3) is 0 Å². The van der Waals surface area contributed by atoms with Gasteiger partial charge in [-0.3, -0.25) is 0 Å². The third kappa shape index (κ3) is 1.32. The van der Waals surface area contributed by atoms with Crippen LogP contribution in [0.3, 0.4) is 0 Å². The summed E-state index contributed by atoms with van der Waals surface area (Å²) in [7, 11) is 0. The normalized spacial score (nSPS) is 20.0. The van der Waals surface area contributed by atoms with Crippen LogP contribution in [0.5, 0.6) is 0 Å². The van der Waals surface area contributed by atoms with Crippen LogP contribution in [-0.4, -0.2) is 6.29 Å². The summed E-state index contributed by atoms with van der Waals surface area (Å²) in [5.41, 5.74) is 0. The van der Waals surface area contributed by atoms with E-state index in [1.54, 1.807) is 0 Å². The predicted molar refractivity (Wildman–Crippen MR) is 32.6 cm³/mol. The van der Waals surface area contributed by atoms with Gasteiger partial charge < -0.3 is 4.79 Å². The summed E-state index contributed by atoms with van der Waals surface area (Å²) in [5.74, 6) is 0.903. The number of aldehydes is 1. The van der Waals surface area contributed by atoms with Gasteiger partial charge in [0, 0.05) is 6.42 Å². The SMILES string of the molecule is O=CCCC1CCC1. The van der Waals surface area contributed by atoms with Gasteiger partial charge in [0.2, 0.25) is 0 Å². The van der Waals surface area contributed by atoms with E-state index < -0.39 is 0 Å². The fourth-order valence-corrected chi connectivity index (χ4v) is 1.09. The average molecular weight is 112 g/mol. The molecule has 1 fully saturated rings. The monoisotopic (exact) mass is 112 g/mol. The Labute approximate surface area is 50.1 Å². The zero-order valence-electron chi connectivity index (χ0n) is 5.10. The van der Waals surface area contributed by atoms with E-state index in [0.717, 1.165) is 25.0 Å². The van der Waals surface area contributed by atoms with Crippen molar-refractivity contribution in [3.63, 3.8) is 0 Å². The summed E-state index contributed by atoms with van der Waals surface area (Å²) in [5, 5.41) is 0. The Hall–Kier alpha value is -0.330. The summed E-state index contributed by atoms with van der Waals surface area (Å²) in [6.45, 7) is 0. The van der Waals surface area contributed by atoms with E-state index in [4.69, 9.17) is 0 Å². The Bertz CT molecular complexity index is 74.5. The Morgan fingerprint density at radius 1 is 1.50 bits per heavy atom. The summed E-state index contributed by atoms with van der Waals surface area (Å²) >= 11 is 0. The molecule has 0 aromatic heterocycles. The van der Waals surface area contributed by atoms with Crippen molar-refractivity contribution in [2.24, 2.45) is 5.92 Å². The van der Waals surface area contributed by atoms with Gasteiger partial charge in [0.1, 0.15) is 6.29 Å². The first-order valence-corrected chi connectivity index (χ1v) is 3.37. The lowest BCUT2D eigenvalue weighted by Gasteiger charge is -2.23. The highest BCUT2D eigenvalue weighted by atomic mass is 16.1. The smallest absolute Gasteiger partial charge is 0.120 e. The Kier molecular flexibility index (Phi) is 2.07. The first kappa shape index (κ1) is 5.80. The van der Waals surface area contributed by atoms with Crippen LogP contribution in [0.4, 0.5) is 0 Å². The van der Waals surface area contributed by atoms with Gasteiger partial charge in [0.15, 0.2) is 0 Å². The maximum absolute atomic E-state index is 9.85. The van der Waals surface area contributed by atoms with Crippen molar-refractivity contribution >= 4 is 6.29 Å². The standard InChI is InChI=1S/C7H12O/c8-6-2-5-7-3-1-4-7/h6-7H,1-5H2. The van der Waals surface area contributed by atoms with Crippen molar-refractivity contribution in [2.75, 3.05) is 0 Å². The van der Waals surface area contributed by atoms with Crippen molar-refractivity contribution in [2.45, 2.75) is 32.1 Å². The Morgan fingerprint density at radius 2 is 2.25 bits per heavy atom. The fraction of sp³-hybridized carbons (Fsp3) is 0.857. The van der Waals surface area contributed by atoms with Gasteiger partial charge in [-0.25, -0.2) is 0 Å². The van der Waals surface area contributed by atoms with E-state index in [0.29, 0.717) is 0 Å². The highest BCUT2D eigenvalue weighted by Crippen LogP contribution is 2.29. The van der Waals surface area contributed by atoms with Gasteiger partial charge in [-0.1, -0.05) is 19.3 Å². The van der Waals surface area contributed by atoms with Crippen LogP contribution in [0.25, 0.3) is 0 Å². The van der Waals surface area contributed by atoms with Gasteiger partial charge in [0.05, 0.1) is 0 Å². The third-order valence-corrected chi connectivity index (χ3v) is 1.92. The second-order valence-electron chi connectivity index (χ2n) is 2.54. The molecule has 1 aliphatic carbocycles. The van der Waals surface area contributed by atoms with E-state index in [2.05, 4.69) is 0 Å². The quantitative estimate of drug-likeness (QED) is 0.508. The van der Waals surface area contributed by atoms with Crippen molar-refractivity contribution in [1.82, 2.24) is 0 Å². The molecule has 0 amide bonds. The highest BCUT2D eigenvalue weighted by Gasteiger charge is 2.15. The summed E-state index contributed by atoms with van der Waals surface area (Å²) in [4.78, 5) is 9.85. The molecule has 0 heterocycles. The van der Waals surface area contributed by atoms with Gasteiger partial charge in [-0.05, 0) is 12.3 Å². The fourth-order valence-electron chi connectivity index (χ4n) is 1.09. The van der Waals surface area contributed by atoms with Crippen LogP contribution < -0.4 is 0 Å². The molecular formula is C7H12O. The van der Waals surface area contributed by atoms with E-state index in [1.165, 1.54) is 19.3 Å². The van der Waals surface area contributed by atoms with Crippen LogP contribution in [0, 0.1) is 5.92 Å². The molecule has 0 radical (unpaired) electrons. The van der Waals surface area contributed by atoms with Crippen LogP contribution in [0.2, 0.25) is 0 Å². The molecule has 1 aliphatic rings. The van der Waals surface area contributed by atoms with Crippen molar-refractivity contribution in [3.8, 4) is 0 Å². The first-order chi connectivity index (χ1) is 3.93. The summed E-state index contributed by atoms with van der Waals surface area (Å²) in [6.07, 6.45) is 7.08. The number of hydrogen-bond donors (Lipinski definition) is 0. The molecule has 0 atom stereocenters. The van der Waals surface area contributed by atoms with Crippen LogP contribution >= 0.6 is 0 Å². The number of hydrogen-bond acceptors (Lipinski definition) is 1. The Morgan fingerprint density at radius 3 is 2.62 bits per heavy atom. The molecule has 0 aliphatic heterocycles. The zero-order chi connectivity index (χ0) is 5.82. The molecule has 0 saturated heterocycles. The molecule has 1 saturated carbocycles. The van der Waals surface area contributed by atoms with Gasteiger partial charge >= 0.3 is 0 Å². The van der Waals surface area contributed by atoms with E-state index in [9.17, 15) is 4.79 Å². The summed E-state index contributed by atoms with van der Waals surface area (Å²) < 4.78 is 0. The lowest BCUT2D eigenvalue weighted by Crippen LogP contribution is -2.10. The molecular weight excluding hydrogens is 100 g/mol. The van der Waals surface area contributed by atoms with E-state index in [1.807, 2.05) is 0 Å². The predicted octanol–water partition coefficient (Wildman–Crippen LogP) is 1.77. The molecule has 1 rings (SSSR count). The molecule has 0 bridgehead atoms. The molecule has 46 valence electrons. The maximum atomic E-state index is 9.85.